The van der Waals surface area contributed by atoms with Crippen molar-refractivity contribution in [2.45, 2.75) is 51.0 Å². The largest absolute Gasteiger partial charge is 0.378 e. The number of nitrogens with zero attached hydrogens (tertiary/aromatic N) is 2. The Bertz CT molecular complexity index is 678. The van der Waals surface area contributed by atoms with E-state index >= 15 is 0 Å². The molecular formula is C20H29BrN4O2. The van der Waals surface area contributed by atoms with Gasteiger partial charge in [0.15, 0.2) is 5.96 Å². The molecule has 0 aliphatic carbocycles. The predicted molar refractivity (Wildman–Crippen MR) is 111 cm³/mol. The number of halogens is 1. The van der Waals surface area contributed by atoms with E-state index in [4.69, 9.17) is 14.5 Å². The summed E-state index contributed by atoms with van der Waals surface area (Å²) in [5.41, 5.74) is 2.48. The summed E-state index contributed by atoms with van der Waals surface area (Å²) in [5.74, 6) is 0.884. The Morgan fingerprint density at radius 3 is 2.85 bits per heavy atom. The summed E-state index contributed by atoms with van der Waals surface area (Å²) in [4.78, 5) is 7.27. The molecule has 6 nitrogen and oxygen atoms in total. The number of nitrogens with one attached hydrogen (secondary N) is 2. The maximum atomic E-state index is 5.97. The van der Waals surface area contributed by atoms with E-state index in [1.54, 1.807) is 0 Å². The SMILES string of the molecule is CCNC(=NCc1ccc(Br)cc1N1CCOCC1)NC1CC2CCC1O2. The molecule has 3 aliphatic rings. The first-order chi connectivity index (χ1) is 13.2. The van der Waals surface area contributed by atoms with Crippen molar-refractivity contribution in [2.24, 2.45) is 4.99 Å². The molecule has 0 radical (unpaired) electrons. The van der Waals surface area contributed by atoms with E-state index in [0.29, 0.717) is 24.8 Å². The number of rotatable bonds is 5. The molecule has 27 heavy (non-hydrogen) atoms. The lowest BCUT2D eigenvalue weighted by atomic mass is 9.96. The van der Waals surface area contributed by atoms with Crippen LogP contribution in [0, 0.1) is 0 Å². The number of guanidine groups is 1. The van der Waals surface area contributed by atoms with Crippen molar-refractivity contribution in [3.8, 4) is 0 Å². The lowest BCUT2D eigenvalue weighted by molar-refractivity contribution is 0.0992. The fraction of sp³-hybridized carbons (Fsp3) is 0.650. The average molecular weight is 437 g/mol. The van der Waals surface area contributed by atoms with Crippen LogP contribution in [0.2, 0.25) is 0 Å². The van der Waals surface area contributed by atoms with Gasteiger partial charge < -0.3 is 25.0 Å². The van der Waals surface area contributed by atoms with E-state index < -0.39 is 0 Å². The van der Waals surface area contributed by atoms with Crippen LogP contribution in [0.25, 0.3) is 0 Å². The Morgan fingerprint density at radius 2 is 2.15 bits per heavy atom. The van der Waals surface area contributed by atoms with Crippen LogP contribution in [-0.4, -0.2) is 57.1 Å². The van der Waals surface area contributed by atoms with Crippen LogP contribution in [0.15, 0.2) is 27.7 Å². The van der Waals surface area contributed by atoms with Crippen molar-refractivity contribution >= 4 is 27.6 Å². The van der Waals surface area contributed by atoms with Crippen LogP contribution < -0.4 is 15.5 Å². The maximum Gasteiger partial charge on any atom is 0.191 e. The number of benzene rings is 1. The molecule has 1 aromatic rings. The number of hydrogen-bond acceptors (Lipinski definition) is 4. The first-order valence-electron chi connectivity index (χ1n) is 10.0. The molecule has 7 heteroatoms. The molecule has 148 valence electrons. The van der Waals surface area contributed by atoms with Crippen molar-refractivity contribution in [3.63, 3.8) is 0 Å². The molecule has 3 saturated heterocycles. The van der Waals surface area contributed by atoms with Crippen LogP contribution in [0.3, 0.4) is 0 Å². The van der Waals surface area contributed by atoms with E-state index in [1.807, 2.05) is 0 Å². The number of anilines is 1. The first-order valence-corrected chi connectivity index (χ1v) is 10.8. The third kappa shape index (κ3) is 4.58. The van der Waals surface area contributed by atoms with Crippen molar-refractivity contribution < 1.29 is 9.47 Å². The van der Waals surface area contributed by atoms with E-state index in [-0.39, 0.29) is 0 Å². The molecule has 0 spiro atoms. The molecule has 0 aromatic heterocycles. The number of ether oxygens (including phenoxy) is 2. The van der Waals surface area contributed by atoms with Crippen molar-refractivity contribution in [2.75, 3.05) is 37.7 Å². The highest BCUT2D eigenvalue weighted by molar-refractivity contribution is 9.10. The Morgan fingerprint density at radius 1 is 1.30 bits per heavy atom. The molecule has 3 unspecified atom stereocenters. The van der Waals surface area contributed by atoms with Gasteiger partial charge in [0.2, 0.25) is 0 Å². The second kappa shape index (κ2) is 8.80. The summed E-state index contributed by atoms with van der Waals surface area (Å²) in [6.07, 6.45) is 4.24. The summed E-state index contributed by atoms with van der Waals surface area (Å²) in [6.45, 7) is 7.02. The summed E-state index contributed by atoms with van der Waals surface area (Å²) < 4.78 is 12.6. The molecule has 4 rings (SSSR count). The van der Waals surface area contributed by atoms with Gasteiger partial charge in [-0.05, 0) is 43.9 Å². The molecule has 3 heterocycles. The zero-order valence-electron chi connectivity index (χ0n) is 15.9. The van der Waals surface area contributed by atoms with Crippen LogP contribution in [0.1, 0.15) is 31.7 Å². The number of fused-ring (bicyclic) bond motifs is 2. The van der Waals surface area contributed by atoms with Gasteiger partial charge in [0.25, 0.3) is 0 Å². The lowest BCUT2D eigenvalue weighted by Crippen LogP contribution is -2.47. The Balaban J connectivity index is 1.47. The van der Waals surface area contributed by atoms with Crippen molar-refractivity contribution in [3.05, 3.63) is 28.2 Å². The lowest BCUT2D eigenvalue weighted by Gasteiger charge is -2.30. The second-order valence-electron chi connectivity index (χ2n) is 7.43. The number of hydrogen-bond donors (Lipinski definition) is 2. The van der Waals surface area contributed by atoms with Crippen molar-refractivity contribution in [1.29, 1.82) is 0 Å². The van der Waals surface area contributed by atoms with Gasteiger partial charge in [-0.25, -0.2) is 4.99 Å². The van der Waals surface area contributed by atoms with E-state index in [2.05, 4.69) is 56.6 Å². The molecule has 2 N–H and O–H groups in total. The molecule has 3 aliphatic heterocycles. The molecule has 1 aromatic carbocycles. The predicted octanol–water partition coefficient (Wildman–Crippen LogP) is 2.66. The maximum absolute atomic E-state index is 5.97. The van der Waals surface area contributed by atoms with Gasteiger partial charge in [0.1, 0.15) is 0 Å². The van der Waals surface area contributed by atoms with Gasteiger partial charge in [-0.2, -0.15) is 0 Å². The zero-order valence-corrected chi connectivity index (χ0v) is 17.5. The molecule has 3 atom stereocenters. The highest BCUT2D eigenvalue weighted by atomic mass is 79.9. The fourth-order valence-corrected chi connectivity index (χ4v) is 4.57. The minimum absolute atomic E-state index is 0.343. The third-order valence-electron chi connectivity index (χ3n) is 5.58. The van der Waals surface area contributed by atoms with Gasteiger partial charge in [0.05, 0.1) is 38.0 Å². The van der Waals surface area contributed by atoms with Crippen LogP contribution >= 0.6 is 15.9 Å². The van der Waals surface area contributed by atoms with Crippen LogP contribution in [0.4, 0.5) is 5.69 Å². The van der Waals surface area contributed by atoms with Crippen molar-refractivity contribution in [1.82, 2.24) is 10.6 Å². The average Bonchev–Trinajstić information content (AvgIpc) is 3.31. The monoisotopic (exact) mass is 436 g/mol. The Labute approximate surface area is 169 Å². The number of aliphatic imine (C=N–C) groups is 1. The summed E-state index contributed by atoms with van der Waals surface area (Å²) >= 11 is 3.61. The minimum atomic E-state index is 0.343. The second-order valence-corrected chi connectivity index (χ2v) is 8.34. The smallest absolute Gasteiger partial charge is 0.191 e. The van der Waals surface area contributed by atoms with Gasteiger partial charge in [0, 0.05) is 29.8 Å². The highest BCUT2D eigenvalue weighted by Gasteiger charge is 2.41. The summed E-state index contributed by atoms with van der Waals surface area (Å²) in [6, 6.07) is 6.84. The van der Waals surface area contributed by atoms with Crippen LogP contribution in [0.5, 0.6) is 0 Å². The molecule has 2 bridgehead atoms. The summed E-state index contributed by atoms with van der Waals surface area (Å²) in [7, 11) is 0. The minimum Gasteiger partial charge on any atom is -0.378 e. The van der Waals surface area contributed by atoms with E-state index in [1.165, 1.54) is 17.7 Å². The Hall–Kier alpha value is -1.31. The Kier molecular flexibility index (Phi) is 6.20. The summed E-state index contributed by atoms with van der Waals surface area (Å²) in [5, 5.41) is 6.99. The molecule has 0 amide bonds. The van der Waals surface area contributed by atoms with E-state index in [0.717, 1.165) is 56.1 Å². The number of morpholine rings is 1. The van der Waals surface area contributed by atoms with Gasteiger partial charge in [-0.15, -0.1) is 0 Å². The quantitative estimate of drug-likeness (QED) is 0.548. The first kappa shape index (κ1) is 19.0. The molecule has 3 fully saturated rings. The zero-order chi connectivity index (χ0) is 18.6. The topological polar surface area (TPSA) is 58.1 Å². The fourth-order valence-electron chi connectivity index (χ4n) is 4.22. The molecular weight excluding hydrogens is 408 g/mol. The van der Waals surface area contributed by atoms with Gasteiger partial charge in [-0.1, -0.05) is 22.0 Å². The third-order valence-corrected chi connectivity index (χ3v) is 6.07. The van der Waals surface area contributed by atoms with Gasteiger partial charge in [-0.3, -0.25) is 0 Å². The van der Waals surface area contributed by atoms with Gasteiger partial charge >= 0.3 is 0 Å². The standard InChI is InChI=1S/C20H29BrN4O2/c1-2-22-20(24-17-12-16-5-6-19(17)27-16)23-13-14-3-4-15(21)11-18(14)25-7-9-26-10-8-25/h3-4,11,16-17,19H,2,5-10,12-13H2,1H3,(H2,22,23,24). The van der Waals surface area contributed by atoms with E-state index in [9.17, 15) is 0 Å². The van der Waals surface area contributed by atoms with Crippen LogP contribution in [-0.2, 0) is 16.0 Å². The normalized spacial score (nSPS) is 27.9. The molecule has 0 saturated carbocycles. The highest BCUT2D eigenvalue weighted by Crippen LogP contribution is 2.34.